The third kappa shape index (κ3) is 3.79. The Morgan fingerprint density at radius 3 is 1.94 bits per heavy atom. The number of aliphatic hydroxyl groups excluding tert-OH is 1. The standard InChI is InChI=1S/C15H18N2O/c18-12-15(17-14-9-5-2-6-10-14)11-16-13-7-3-1-4-8-13/h1-10,15-18H,11-12H2. The van der Waals surface area contributed by atoms with E-state index in [9.17, 15) is 5.11 Å². The van der Waals surface area contributed by atoms with E-state index in [1.807, 2.05) is 60.7 Å². The minimum Gasteiger partial charge on any atom is -0.394 e. The van der Waals surface area contributed by atoms with Gasteiger partial charge in [0.1, 0.15) is 0 Å². The van der Waals surface area contributed by atoms with E-state index in [0.717, 1.165) is 11.4 Å². The van der Waals surface area contributed by atoms with Gasteiger partial charge >= 0.3 is 0 Å². The van der Waals surface area contributed by atoms with Crippen LogP contribution in [-0.4, -0.2) is 24.3 Å². The molecule has 0 aromatic heterocycles. The molecule has 2 rings (SSSR count). The van der Waals surface area contributed by atoms with Gasteiger partial charge in [0.2, 0.25) is 0 Å². The maximum atomic E-state index is 9.36. The Balaban J connectivity index is 1.86. The number of hydrogen-bond acceptors (Lipinski definition) is 3. The van der Waals surface area contributed by atoms with Crippen LogP contribution in [0.2, 0.25) is 0 Å². The van der Waals surface area contributed by atoms with Gasteiger partial charge in [-0.1, -0.05) is 36.4 Å². The summed E-state index contributed by atoms with van der Waals surface area (Å²) in [6.45, 7) is 0.768. The van der Waals surface area contributed by atoms with E-state index in [0.29, 0.717) is 6.54 Å². The lowest BCUT2D eigenvalue weighted by molar-refractivity contribution is 0.278. The number of benzene rings is 2. The summed E-state index contributed by atoms with van der Waals surface area (Å²) in [4.78, 5) is 0. The number of rotatable bonds is 6. The fourth-order valence-electron chi connectivity index (χ4n) is 1.73. The van der Waals surface area contributed by atoms with Crippen LogP contribution in [0.15, 0.2) is 60.7 Å². The molecule has 0 bridgehead atoms. The molecule has 0 fully saturated rings. The second-order valence-electron chi connectivity index (χ2n) is 4.14. The molecule has 0 saturated carbocycles. The highest BCUT2D eigenvalue weighted by Crippen LogP contribution is 2.09. The first-order valence-corrected chi connectivity index (χ1v) is 6.10. The molecule has 3 nitrogen and oxygen atoms in total. The first-order valence-electron chi connectivity index (χ1n) is 6.10. The molecule has 3 heteroatoms. The first-order chi connectivity index (χ1) is 8.88. The smallest absolute Gasteiger partial charge is 0.0664 e. The van der Waals surface area contributed by atoms with Gasteiger partial charge in [0, 0.05) is 17.9 Å². The van der Waals surface area contributed by atoms with Gasteiger partial charge in [-0.2, -0.15) is 0 Å². The molecule has 0 radical (unpaired) electrons. The number of anilines is 2. The Morgan fingerprint density at radius 2 is 1.39 bits per heavy atom. The van der Waals surface area contributed by atoms with Crippen molar-refractivity contribution < 1.29 is 5.11 Å². The van der Waals surface area contributed by atoms with Crippen LogP contribution in [0.25, 0.3) is 0 Å². The van der Waals surface area contributed by atoms with Crippen LogP contribution in [0, 0.1) is 0 Å². The monoisotopic (exact) mass is 242 g/mol. The van der Waals surface area contributed by atoms with Gasteiger partial charge in [0.15, 0.2) is 0 Å². The molecular formula is C15H18N2O. The van der Waals surface area contributed by atoms with Crippen molar-refractivity contribution in [3.63, 3.8) is 0 Å². The summed E-state index contributed by atoms with van der Waals surface area (Å²) in [5, 5.41) is 15.9. The van der Waals surface area contributed by atoms with Gasteiger partial charge in [-0.05, 0) is 24.3 Å². The molecule has 0 saturated heterocycles. The summed E-state index contributed by atoms with van der Waals surface area (Å²) >= 11 is 0. The summed E-state index contributed by atoms with van der Waals surface area (Å²) in [5.74, 6) is 0. The first kappa shape index (κ1) is 12.5. The Kier molecular flexibility index (Phi) is 4.61. The topological polar surface area (TPSA) is 44.3 Å². The average Bonchev–Trinajstić information content (AvgIpc) is 2.45. The zero-order valence-corrected chi connectivity index (χ0v) is 10.2. The van der Waals surface area contributed by atoms with Crippen molar-refractivity contribution >= 4 is 11.4 Å². The minimum atomic E-state index is -0.00685. The average molecular weight is 242 g/mol. The van der Waals surface area contributed by atoms with Crippen LogP contribution in [0.1, 0.15) is 0 Å². The molecule has 0 aliphatic rings. The van der Waals surface area contributed by atoms with Crippen molar-refractivity contribution in [3.8, 4) is 0 Å². The number of aliphatic hydroxyl groups is 1. The predicted molar refractivity (Wildman–Crippen MR) is 75.9 cm³/mol. The second-order valence-corrected chi connectivity index (χ2v) is 4.14. The van der Waals surface area contributed by atoms with Crippen LogP contribution < -0.4 is 10.6 Å². The highest BCUT2D eigenvalue weighted by atomic mass is 16.3. The molecule has 1 atom stereocenters. The third-order valence-corrected chi connectivity index (χ3v) is 2.69. The minimum absolute atomic E-state index is 0.00685. The Hall–Kier alpha value is -2.00. The zero-order chi connectivity index (χ0) is 12.6. The highest BCUT2D eigenvalue weighted by Gasteiger charge is 2.06. The molecule has 94 valence electrons. The van der Waals surface area contributed by atoms with Crippen molar-refractivity contribution in [1.82, 2.24) is 0 Å². The van der Waals surface area contributed by atoms with Gasteiger partial charge in [-0.25, -0.2) is 0 Å². The lowest BCUT2D eigenvalue weighted by Crippen LogP contribution is -2.31. The van der Waals surface area contributed by atoms with Crippen LogP contribution >= 0.6 is 0 Å². The molecule has 18 heavy (non-hydrogen) atoms. The number of para-hydroxylation sites is 2. The van der Waals surface area contributed by atoms with Crippen molar-refractivity contribution in [2.24, 2.45) is 0 Å². The van der Waals surface area contributed by atoms with E-state index in [4.69, 9.17) is 0 Å². The summed E-state index contributed by atoms with van der Waals surface area (Å²) in [6, 6.07) is 19.9. The Bertz CT molecular complexity index is 445. The van der Waals surface area contributed by atoms with Gasteiger partial charge in [0.05, 0.1) is 12.6 Å². The van der Waals surface area contributed by atoms with Gasteiger partial charge in [0.25, 0.3) is 0 Å². The normalized spacial score (nSPS) is 11.8. The second kappa shape index (κ2) is 6.67. The van der Waals surface area contributed by atoms with Crippen LogP contribution in [0.4, 0.5) is 11.4 Å². The maximum Gasteiger partial charge on any atom is 0.0664 e. The van der Waals surface area contributed by atoms with Gasteiger partial charge < -0.3 is 15.7 Å². The lowest BCUT2D eigenvalue weighted by atomic mass is 10.2. The summed E-state index contributed by atoms with van der Waals surface area (Å²) in [6.07, 6.45) is 0. The van der Waals surface area contributed by atoms with Gasteiger partial charge in [-0.3, -0.25) is 0 Å². The Labute approximate surface area is 107 Å². The zero-order valence-electron chi connectivity index (χ0n) is 10.2. The molecule has 0 heterocycles. The quantitative estimate of drug-likeness (QED) is 0.729. The molecule has 0 aliphatic carbocycles. The van der Waals surface area contributed by atoms with E-state index in [1.54, 1.807) is 0 Å². The van der Waals surface area contributed by atoms with E-state index < -0.39 is 0 Å². The molecule has 1 unspecified atom stereocenters. The van der Waals surface area contributed by atoms with Crippen molar-refractivity contribution in [2.45, 2.75) is 6.04 Å². The molecule has 0 aliphatic heterocycles. The summed E-state index contributed by atoms with van der Waals surface area (Å²) in [5.41, 5.74) is 2.08. The van der Waals surface area contributed by atoms with E-state index in [1.165, 1.54) is 0 Å². The van der Waals surface area contributed by atoms with Crippen LogP contribution in [0.5, 0.6) is 0 Å². The van der Waals surface area contributed by atoms with Crippen LogP contribution in [-0.2, 0) is 0 Å². The SMILES string of the molecule is OCC(CNc1ccccc1)Nc1ccccc1. The fourth-order valence-corrected chi connectivity index (χ4v) is 1.73. The molecule has 0 spiro atoms. The molecule has 2 aromatic rings. The number of hydrogen-bond donors (Lipinski definition) is 3. The lowest BCUT2D eigenvalue weighted by Gasteiger charge is -2.18. The van der Waals surface area contributed by atoms with Crippen molar-refractivity contribution in [1.29, 1.82) is 0 Å². The van der Waals surface area contributed by atoms with E-state index in [-0.39, 0.29) is 12.6 Å². The Morgan fingerprint density at radius 1 is 0.833 bits per heavy atom. The van der Waals surface area contributed by atoms with Crippen molar-refractivity contribution in [3.05, 3.63) is 60.7 Å². The summed E-state index contributed by atoms with van der Waals surface area (Å²) in [7, 11) is 0. The van der Waals surface area contributed by atoms with Gasteiger partial charge in [-0.15, -0.1) is 0 Å². The summed E-state index contributed by atoms with van der Waals surface area (Å²) < 4.78 is 0. The van der Waals surface area contributed by atoms with E-state index >= 15 is 0 Å². The predicted octanol–water partition coefficient (Wildman–Crippen LogP) is 2.57. The molecule has 3 N–H and O–H groups in total. The van der Waals surface area contributed by atoms with Crippen molar-refractivity contribution in [2.75, 3.05) is 23.8 Å². The van der Waals surface area contributed by atoms with Crippen LogP contribution in [0.3, 0.4) is 0 Å². The fraction of sp³-hybridized carbons (Fsp3) is 0.200. The van der Waals surface area contributed by atoms with E-state index in [2.05, 4.69) is 10.6 Å². The number of nitrogens with one attached hydrogen (secondary N) is 2. The largest absolute Gasteiger partial charge is 0.394 e. The molecule has 2 aromatic carbocycles. The molecular weight excluding hydrogens is 224 g/mol. The molecule has 0 amide bonds. The third-order valence-electron chi connectivity index (χ3n) is 2.69. The maximum absolute atomic E-state index is 9.36. The highest BCUT2D eigenvalue weighted by molar-refractivity contribution is 5.46.